The van der Waals surface area contributed by atoms with Gasteiger partial charge in [0.25, 0.3) is 0 Å². The third kappa shape index (κ3) is 9.84. The summed E-state index contributed by atoms with van der Waals surface area (Å²) >= 11 is 0. The molecule has 7 heteroatoms. The number of rotatable bonds is 6. The van der Waals surface area contributed by atoms with Gasteiger partial charge in [-0.15, -0.1) is 0 Å². The minimum absolute atomic E-state index is 0. The van der Waals surface area contributed by atoms with Crippen molar-refractivity contribution >= 4 is 40.0 Å². The van der Waals surface area contributed by atoms with E-state index >= 15 is 0 Å². The third-order valence-corrected chi connectivity index (χ3v) is 8.35. The van der Waals surface area contributed by atoms with E-state index in [0.717, 1.165) is 42.9 Å². The molecular formula is C27H47NaO5S. The van der Waals surface area contributed by atoms with Crippen LogP contribution in [0.3, 0.4) is 0 Å². The second-order valence-corrected chi connectivity index (χ2v) is 12.2. The number of aliphatic hydroxyl groups is 1. The van der Waals surface area contributed by atoms with Gasteiger partial charge < -0.3 is 5.11 Å². The van der Waals surface area contributed by atoms with Crippen molar-refractivity contribution in [3.05, 3.63) is 35.5 Å². The van der Waals surface area contributed by atoms with Crippen molar-refractivity contribution in [1.29, 1.82) is 0 Å². The first kappa shape index (κ1) is 32.1. The molecule has 0 radical (unpaired) electrons. The summed E-state index contributed by atoms with van der Waals surface area (Å²) in [7, 11) is -4.67. The zero-order chi connectivity index (χ0) is 24.8. The fourth-order valence-corrected chi connectivity index (χ4v) is 6.66. The third-order valence-electron chi connectivity index (χ3n) is 8.35. The molecule has 0 saturated heterocycles. The summed E-state index contributed by atoms with van der Waals surface area (Å²) in [6, 6.07) is 0. The summed E-state index contributed by atoms with van der Waals surface area (Å²) < 4.78 is 31.6. The van der Waals surface area contributed by atoms with Crippen LogP contribution in [0.25, 0.3) is 0 Å². The second kappa shape index (κ2) is 14.1. The van der Waals surface area contributed by atoms with Gasteiger partial charge in [0.2, 0.25) is 0 Å². The van der Waals surface area contributed by atoms with Gasteiger partial charge in [-0.05, 0) is 86.0 Å². The maximum atomic E-state index is 10.0. The van der Waals surface area contributed by atoms with Crippen LogP contribution in [0.4, 0.5) is 0 Å². The predicted molar refractivity (Wildman–Crippen MR) is 143 cm³/mol. The van der Waals surface area contributed by atoms with Crippen LogP contribution in [0.15, 0.2) is 35.5 Å². The van der Waals surface area contributed by atoms with Crippen molar-refractivity contribution in [2.45, 2.75) is 104 Å². The monoisotopic (exact) mass is 506 g/mol. The standard InChI is InChI=1S/C27H44O.Na.H2O4S.H/c1-19(2)8-6-9-21(4)25-15-16-26-22(10-7-17-27(25,26)5)12-13-23-18-24(28)14-11-20(23)3;;1-5(2,3)4;/h12-13,19,21,24-26,28H,3,6-11,14-18H2,1-2,4-5H3;;(H2,1,2,3,4);/t21-,24+,25-,26+,27-;;;/m1.../s1. The Labute approximate surface area is 230 Å². The van der Waals surface area contributed by atoms with Gasteiger partial charge in [0.1, 0.15) is 0 Å². The molecule has 3 aliphatic carbocycles. The fraction of sp³-hybridized carbons (Fsp3) is 0.778. The molecule has 0 spiro atoms. The zero-order valence-corrected chi connectivity index (χ0v) is 21.9. The Kier molecular flexibility index (Phi) is 13.3. The molecule has 0 aromatic rings. The topological polar surface area (TPSA) is 94.8 Å². The normalized spacial score (nSPS) is 32.7. The second-order valence-electron chi connectivity index (χ2n) is 11.3. The first-order valence-corrected chi connectivity index (χ1v) is 14.2. The molecule has 0 heterocycles. The van der Waals surface area contributed by atoms with E-state index in [1.807, 2.05) is 0 Å². The fourth-order valence-electron chi connectivity index (χ4n) is 6.66. The molecule has 3 saturated carbocycles. The number of aliphatic hydroxyl groups excluding tert-OH is 1. The number of hydrogen-bond donors (Lipinski definition) is 3. The van der Waals surface area contributed by atoms with Crippen LogP contribution in [0.2, 0.25) is 0 Å². The Bertz CT molecular complexity index is 824. The van der Waals surface area contributed by atoms with E-state index in [1.165, 1.54) is 62.5 Å². The van der Waals surface area contributed by atoms with Crippen LogP contribution in [-0.2, 0) is 10.4 Å². The minimum atomic E-state index is -4.67. The van der Waals surface area contributed by atoms with E-state index in [1.54, 1.807) is 5.57 Å². The van der Waals surface area contributed by atoms with Crippen molar-refractivity contribution in [1.82, 2.24) is 0 Å². The summed E-state index contributed by atoms with van der Waals surface area (Å²) in [5, 5.41) is 10.0. The first-order valence-electron chi connectivity index (χ1n) is 12.8. The van der Waals surface area contributed by atoms with E-state index in [4.69, 9.17) is 17.5 Å². The van der Waals surface area contributed by atoms with Crippen LogP contribution in [0.1, 0.15) is 98.3 Å². The SMILES string of the molecule is C=C1CC[C@H](O)CC1=CC=C1CCC[C@]2(C)[C@@H]([C@H](C)CCCC(C)C)CC[C@@H]12.O=S(=O)(O)O.[NaH]. The molecule has 0 aliphatic heterocycles. The Morgan fingerprint density at radius 2 is 1.74 bits per heavy atom. The van der Waals surface area contributed by atoms with Gasteiger partial charge in [0.15, 0.2) is 0 Å². The molecule has 0 aromatic carbocycles. The Morgan fingerprint density at radius 1 is 1.09 bits per heavy atom. The molecule has 3 fully saturated rings. The quantitative estimate of drug-likeness (QED) is 0.289. The average molecular weight is 507 g/mol. The summed E-state index contributed by atoms with van der Waals surface area (Å²) in [5.74, 6) is 3.37. The zero-order valence-electron chi connectivity index (χ0n) is 21.1. The Hall–Kier alpha value is 0.0500. The molecule has 0 unspecified atom stereocenters. The summed E-state index contributed by atoms with van der Waals surface area (Å²) in [6.07, 6.45) is 18.2. The number of hydrogen-bond acceptors (Lipinski definition) is 3. The van der Waals surface area contributed by atoms with Crippen molar-refractivity contribution in [3.63, 3.8) is 0 Å². The van der Waals surface area contributed by atoms with Crippen LogP contribution >= 0.6 is 0 Å². The Morgan fingerprint density at radius 3 is 2.35 bits per heavy atom. The van der Waals surface area contributed by atoms with Crippen LogP contribution < -0.4 is 0 Å². The molecule has 192 valence electrons. The number of fused-ring (bicyclic) bond motifs is 1. The van der Waals surface area contributed by atoms with Gasteiger partial charge in [-0.3, -0.25) is 9.11 Å². The van der Waals surface area contributed by atoms with Crippen LogP contribution in [0, 0.1) is 29.1 Å². The van der Waals surface area contributed by atoms with Gasteiger partial charge in [0, 0.05) is 0 Å². The molecule has 3 N–H and O–H groups in total. The molecular weight excluding hydrogens is 459 g/mol. The summed E-state index contributed by atoms with van der Waals surface area (Å²) in [5.41, 5.74) is 4.72. The van der Waals surface area contributed by atoms with E-state index in [2.05, 4.69) is 46.4 Å². The van der Waals surface area contributed by atoms with E-state index < -0.39 is 10.4 Å². The molecule has 0 amide bonds. The number of allylic oxidation sites excluding steroid dienone is 4. The summed E-state index contributed by atoms with van der Waals surface area (Å²) in [6.45, 7) is 14.1. The molecule has 5 atom stereocenters. The van der Waals surface area contributed by atoms with Crippen LogP contribution in [-0.4, -0.2) is 58.3 Å². The van der Waals surface area contributed by atoms with Crippen molar-refractivity contribution < 1.29 is 22.6 Å². The van der Waals surface area contributed by atoms with Gasteiger partial charge in [-0.2, -0.15) is 8.42 Å². The molecule has 0 bridgehead atoms. The average Bonchev–Trinajstić information content (AvgIpc) is 3.04. The first-order chi connectivity index (χ1) is 15.3. The van der Waals surface area contributed by atoms with Crippen LogP contribution in [0.5, 0.6) is 0 Å². The van der Waals surface area contributed by atoms with Gasteiger partial charge in [-0.25, -0.2) is 0 Å². The van der Waals surface area contributed by atoms with Crippen molar-refractivity contribution in [3.8, 4) is 0 Å². The Balaban J connectivity index is 0.000000873. The van der Waals surface area contributed by atoms with Gasteiger partial charge in [0.05, 0.1) is 6.10 Å². The van der Waals surface area contributed by atoms with Gasteiger partial charge >= 0.3 is 40.0 Å². The van der Waals surface area contributed by atoms with Crippen molar-refractivity contribution in [2.24, 2.45) is 29.1 Å². The molecule has 34 heavy (non-hydrogen) atoms. The molecule has 3 aliphatic rings. The summed E-state index contributed by atoms with van der Waals surface area (Å²) in [4.78, 5) is 0. The van der Waals surface area contributed by atoms with E-state index in [9.17, 15) is 5.11 Å². The van der Waals surface area contributed by atoms with E-state index in [0.29, 0.717) is 5.41 Å². The molecule has 0 aromatic heterocycles. The van der Waals surface area contributed by atoms with Gasteiger partial charge in [-0.1, -0.05) is 76.8 Å². The maximum absolute atomic E-state index is 10.0. The van der Waals surface area contributed by atoms with E-state index in [-0.39, 0.29) is 35.7 Å². The molecule has 5 nitrogen and oxygen atoms in total. The predicted octanol–water partition coefficient (Wildman–Crippen LogP) is 6.32. The molecule has 3 rings (SSSR count). The van der Waals surface area contributed by atoms with Crippen molar-refractivity contribution in [2.75, 3.05) is 0 Å².